The van der Waals surface area contributed by atoms with Crippen LogP contribution in [0.1, 0.15) is 6.92 Å². The van der Waals surface area contributed by atoms with E-state index in [4.69, 9.17) is 0 Å². The Balaban J connectivity index is 2.54. The van der Waals surface area contributed by atoms with Gasteiger partial charge in [0.2, 0.25) is 5.91 Å². The van der Waals surface area contributed by atoms with E-state index >= 15 is 0 Å². The largest absolute Gasteiger partial charge is 0.327 e. The number of rotatable bonds is 1. The molecular weight excluding hydrogens is 146 g/mol. The van der Waals surface area contributed by atoms with Crippen molar-refractivity contribution >= 4 is 17.7 Å². The molecule has 0 radical (unpaired) electrons. The lowest BCUT2D eigenvalue weighted by Gasteiger charge is -2.17. The van der Waals surface area contributed by atoms with Crippen molar-refractivity contribution < 1.29 is 4.79 Å². The average molecular weight is 157 g/mol. The molecule has 1 fully saturated rings. The second-order valence-electron chi connectivity index (χ2n) is 2.21. The van der Waals surface area contributed by atoms with Crippen LogP contribution >= 0.6 is 11.8 Å². The summed E-state index contributed by atoms with van der Waals surface area (Å²) in [4.78, 5) is 12.9. The summed E-state index contributed by atoms with van der Waals surface area (Å²) in [5.74, 6) is 1.11. The Morgan fingerprint density at radius 1 is 1.90 bits per heavy atom. The van der Waals surface area contributed by atoms with Crippen molar-refractivity contribution in [3.63, 3.8) is 0 Å². The minimum Gasteiger partial charge on any atom is -0.327 e. The maximum atomic E-state index is 11.0. The highest BCUT2D eigenvalue weighted by atomic mass is 32.2. The number of carbonyl (C=O) groups is 1. The molecule has 1 rings (SSSR count). The van der Waals surface area contributed by atoms with Crippen molar-refractivity contribution in [1.29, 1.82) is 0 Å². The van der Waals surface area contributed by atoms with Crippen LogP contribution in [0, 0.1) is 0 Å². The van der Waals surface area contributed by atoms with E-state index < -0.39 is 0 Å². The minimum atomic E-state index is 0.0532. The lowest BCUT2D eigenvalue weighted by Crippen LogP contribution is -2.31. The molecule has 0 aromatic carbocycles. The van der Waals surface area contributed by atoms with E-state index in [9.17, 15) is 4.79 Å². The van der Waals surface area contributed by atoms with E-state index in [-0.39, 0.29) is 5.91 Å². The molecule has 1 aliphatic rings. The molecule has 3 heteroatoms. The summed E-state index contributed by atoms with van der Waals surface area (Å²) in [5, 5.41) is 0.338. The Hall–Kier alpha value is -0.440. The topological polar surface area (TPSA) is 20.3 Å². The zero-order valence-electron chi connectivity index (χ0n) is 6.04. The van der Waals surface area contributed by atoms with Gasteiger partial charge in [0.05, 0.1) is 5.37 Å². The van der Waals surface area contributed by atoms with Crippen LogP contribution in [0.15, 0.2) is 12.7 Å². The van der Waals surface area contributed by atoms with Gasteiger partial charge in [-0.1, -0.05) is 6.58 Å². The average Bonchev–Trinajstić information content (AvgIpc) is 2.34. The molecule has 0 aliphatic carbocycles. The third-order valence-electron chi connectivity index (χ3n) is 1.59. The van der Waals surface area contributed by atoms with Crippen LogP contribution in [-0.4, -0.2) is 28.5 Å². The van der Waals surface area contributed by atoms with Crippen LogP contribution in [0.3, 0.4) is 0 Å². The van der Waals surface area contributed by atoms with E-state index in [1.807, 2.05) is 11.8 Å². The third-order valence-corrected chi connectivity index (χ3v) is 2.74. The first-order valence-electron chi connectivity index (χ1n) is 3.30. The molecule has 1 heterocycles. The van der Waals surface area contributed by atoms with Gasteiger partial charge < -0.3 is 4.90 Å². The Kier molecular flexibility index (Phi) is 2.38. The molecule has 1 unspecified atom stereocenters. The van der Waals surface area contributed by atoms with Crippen molar-refractivity contribution in [3.8, 4) is 0 Å². The van der Waals surface area contributed by atoms with Crippen LogP contribution in [0.2, 0.25) is 0 Å². The smallest absolute Gasteiger partial charge is 0.246 e. The van der Waals surface area contributed by atoms with Crippen molar-refractivity contribution in [1.82, 2.24) is 4.90 Å². The first-order valence-corrected chi connectivity index (χ1v) is 4.35. The zero-order chi connectivity index (χ0) is 7.56. The van der Waals surface area contributed by atoms with Crippen molar-refractivity contribution in [2.75, 3.05) is 12.3 Å². The van der Waals surface area contributed by atoms with Gasteiger partial charge in [-0.15, -0.1) is 11.8 Å². The standard InChI is InChI=1S/C7H11NOS/c1-3-7(9)8-4-5-10-6(8)2/h3,6H,1,4-5H2,2H3. The van der Waals surface area contributed by atoms with Crippen molar-refractivity contribution in [2.24, 2.45) is 0 Å². The maximum absolute atomic E-state index is 11.0. The lowest BCUT2D eigenvalue weighted by atomic mass is 10.4. The monoisotopic (exact) mass is 157 g/mol. The van der Waals surface area contributed by atoms with Gasteiger partial charge in [-0.05, 0) is 13.0 Å². The van der Waals surface area contributed by atoms with E-state index in [0.29, 0.717) is 5.37 Å². The van der Waals surface area contributed by atoms with Crippen LogP contribution in [0.5, 0.6) is 0 Å². The molecule has 2 nitrogen and oxygen atoms in total. The van der Waals surface area contributed by atoms with Gasteiger partial charge in [-0.25, -0.2) is 0 Å². The quantitative estimate of drug-likeness (QED) is 0.531. The molecule has 1 saturated heterocycles. The van der Waals surface area contributed by atoms with E-state index in [1.54, 1.807) is 11.8 Å². The Bertz CT molecular complexity index is 158. The van der Waals surface area contributed by atoms with Gasteiger partial charge >= 0.3 is 0 Å². The first kappa shape index (κ1) is 7.66. The number of hydrogen-bond donors (Lipinski definition) is 0. The fourth-order valence-electron chi connectivity index (χ4n) is 1.00. The van der Waals surface area contributed by atoms with Gasteiger partial charge in [0.15, 0.2) is 0 Å². The molecule has 56 valence electrons. The van der Waals surface area contributed by atoms with Crippen LogP contribution in [0.25, 0.3) is 0 Å². The van der Waals surface area contributed by atoms with Gasteiger partial charge in [-0.2, -0.15) is 0 Å². The molecule has 0 bridgehead atoms. The van der Waals surface area contributed by atoms with Crippen LogP contribution in [-0.2, 0) is 4.79 Å². The molecule has 0 aromatic heterocycles. The predicted octanol–water partition coefficient (Wildman–Crippen LogP) is 1.09. The summed E-state index contributed by atoms with van der Waals surface area (Å²) < 4.78 is 0. The molecule has 1 aliphatic heterocycles. The van der Waals surface area contributed by atoms with E-state index in [2.05, 4.69) is 6.58 Å². The summed E-state index contributed by atoms with van der Waals surface area (Å²) in [6, 6.07) is 0. The summed E-state index contributed by atoms with van der Waals surface area (Å²) in [6.07, 6.45) is 1.38. The predicted molar refractivity (Wildman–Crippen MR) is 43.8 cm³/mol. The summed E-state index contributed by atoms with van der Waals surface area (Å²) >= 11 is 1.81. The third kappa shape index (κ3) is 1.34. The van der Waals surface area contributed by atoms with Crippen LogP contribution < -0.4 is 0 Å². The maximum Gasteiger partial charge on any atom is 0.246 e. The lowest BCUT2D eigenvalue weighted by molar-refractivity contribution is -0.125. The Labute approximate surface area is 65.3 Å². The molecule has 0 N–H and O–H groups in total. The zero-order valence-corrected chi connectivity index (χ0v) is 6.86. The number of amides is 1. The molecule has 0 spiro atoms. The molecule has 1 amide bonds. The number of hydrogen-bond acceptors (Lipinski definition) is 2. The highest BCUT2D eigenvalue weighted by Gasteiger charge is 2.23. The van der Waals surface area contributed by atoms with E-state index in [0.717, 1.165) is 12.3 Å². The van der Waals surface area contributed by atoms with Crippen molar-refractivity contribution in [3.05, 3.63) is 12.7 Å². The van der Waals surface area contributed by atoms with Crippen LogP contribution in [0.4, 0.5) is 0 Å². The summed E-state index contributed by atoms with van der Waals surface area (Å²) in [5.41, 5.74) is 0. The highest BCUT2D eigenvalue weighted by molar-refractivity contribution is 8.00. The van der Waals surface area contributed by atoms with Gasteiger partial charge in [0, 0.05) is 12.3 Å². The normalized spacial score (nSPS) is 24.9. The first-order chi connectivity index (χ1) is 4.75. The van der Waals surface area contributed by atoms with Gasteiger partial charge in [0.25, 0.3) is 0 Å². The fraction of sp³-hybridized carbons (Fsp3) is 0.571. The Morgan fingerprint density at radius 2 is 2.60 bits per heavy atom. The van der Waals surface area contributed by atoms with Gasteiger partial charge in [0.1, 0.15) is 0 Å². The molecule has 0 aromatic rings. The SMILES string of the molecule is C=CC(=O)N1CCSC1C. The summed E-state index contributed by atoms with van der Waals surface area (Å²) in [6.45, 7) is 6.35. The molecular formula is C7H11NOS. The van der Waals surface area contributed by atoms with E-state index in [1.165, 1.54) is 6.08 Å². The van der Waals surface area contributed by atoms with Gasteiger partial charge in [-0.3, -0.25) is 4.79 Å². The second-order valence-corrected chi connectivity index (χ2v) is 3.63. The summed E-state index contributed by atoms with van der Waals surface area (Å²) in [7, 11) is 0. The fourth-order valence-corrected chi connectivity index (χ4v) is 2.03. The number of thioether (sulfide) groups is 1. The Morgan fingerprint density at radius 3 is 3.00 bits per heavy atom. The highest BCUT2D eigenvalue weighted by Crippen LogP contribution is 2.22. The molecule has 10 heavy (non-hydrogen) atoms. The number of nitrogens with zero attached hydrogens (tertiary/aromatic N) is 1. The molecule has 0 saturated carbocycles. The van der Waals surface area contributed by atoms with Crippen molar-refractivity contribution in [2.45, 2.75) is 12.3 Å². The number of carbonyl (C=O) groups excluding carboxylic acids is 1. The molecule has 1 atom stereocenters. The second kappa shape index (κ2) is 3.10. The minimum absolute atomic E-state index is 0.0532.